The summed E-state index contributed by atoms with van der Waals surface area (Å²) < 4.78 is 0. The van der Waals surface area contributed by atoms with Gasteiger partial charge in [-0.25, -0.2) is 0 Å². The first-order valence-electron chi connectivity index (χ1n) is 7.28. The molecular weight excluding hydrogens is 246 g/mol. The zero-order chi connectivity index (χ0) is 13.8. The molecule has 1 atom stereocenters. The molecule has 0 aliphatic carbocycles. The minimum Gasteiger partial charge on any atom is -0.399 e. The average Bonchev–Trinajstić information content (AvgIpc) is 2.48. The second kappa shape index (κ2) is 6.06. The third kappa shape index (κ3) is 3.17. The van der Waals surface area contributed by atoms with Crippen LogP contribution in [0.2, 0.25) is 0 Å². The fraction of sp³-hybridized carbons (Fsp3) is 0.353. The minimum absolute atomic E-state index is 0.632. The second-order valence-corrected chi connectivity index (χ2v) is 5.60. The maximum absolute atomic E-state index is 5.86. The quantitative estimate of drug-likeness (QED) is 0.869. The fourth-order valence-corrected chi connectivity index (χ4v) is 3.06. The Balaban J connectivity index is 1.66. The van der Waals surface area contributed by atoms with Crippen LogP contribution >= 0.6 is 0 Å². The van der Waals surface area contributed by atoms with Gasteiger partial charge in [-0.2, -0.15) is 0 Å². The van der Waals surface area contributed by atoms with Crippen LogP contribution in [0.3, 0.4) is 0 Å². The first-order chi connectivity index (χ1) is 9.81. The van der Waals surface area contributed by atoms with E-state index in [1.165, 1.54) is 30.5 Å². The number of benzene rings is 1. The van der Waals surface area contributed by atoms with E-state index in [1.807, 2.05) is 24.5 Å². The van der Waals surface area contributed by atoms with Crippen molar-refractivity contribution < 1.29 is 0 Å². The van der Waals surface area contributed by atoms with Gasteiger partial charge in [-0.05, 0) is 60.7 Å². The van der Waals surface area contributed by atoms with Gasteiger partial charge in [0.2, 0.25) is 0 Å². The van der Waals surface area contributed by atoms with Crippen molar-refractivity contribution in [2.45, 2.75) is 25.3 Å². The molecule has 0 spiro atoms. The molecule has 1 fully saturated rings. The van der Waals surface area contributed by atoms with Crippen molar-refractivity contribution in [3.8, 4) is 0 Å². The van der Waals surface area contributed by atoms with Crippen LogP contribution in [0.1, 0.15) is 29.9 Å². The monoisotopic (exact) mass is 267 g/mol. The molecular formula is C17H21N3. The average molecular weight is 267 g/mol. The molecule has 3 nitrogen and oxygen atoms in total. The number of rotatable bonds is 3. The summed E-state index contributed by atoms with van der Waals surface area (Å²) in [5.41, 5.74) is 9.43. The summed E-state index contributed by atoms with van der Waals surface area (Å²) in [7, 11) is 0. The Bertz CT molecular complexity index is 553. The summed E-state index contributed by atoms with van der Waals surface area (Å²) in [5, 5.41) is 0. The van der Waals surface area contributed by atoms with E-state index in [2.05, 4.69) is 34.1 Å². The number of nitrogens with two attached hydrogens (primary N) is 1. The summed E-state index contributed by atoms with van der Waals surface area (Å²) in [6.45, 7) is 3.29. The molecule has 2 N–H and O–H groups in total. The van der Waals surface area contributed by atoms with Crippen molar-refractivity contribution in [2.24, 2.45) is 0 Å². The molecule has 1 aromatic heterocycles. The lowest BCUT2D eigenvalue weighted by Gasteiger charge is -2.33. The summed E-state index contributed by atoms with van der Waals surface area (Å²) in [4.78, 5) is 6.64. The maximum atomic E-state index is 5.86. The third-order valence-corrected chi connectivity index (χ3v) is 4.04. The van der Waals surface area contributed by atoms with E-state index in [1.54, 1.807) is 0 Å². The van der Waals surface area contributed by atoms with Gasteiger partial charge in [0, 0.05) is 31.2 Å². The number of anilines is 1. The van der Waals surface area contributed by atoms with Crippen LogP contribution < -0.4 is 5.73 Å². The van der Waals surface area contributed by atoms with Gasteiger partial charge in [-0.3, -0.25) is 9.88 Å². The van der Waals surface area contributed by atoms with Gasteiger partial charge in [0.05, 0.1) is 0 Å². The summed E-state index contributed by atoms with van der Waals surface area (Å²) in [6, 6.07) is 12.5. The lowest BCUT2D eigenvalue weighted by atomic mass is 9.91. The summed E-state index contributed by atoms with van der Waals surface area (Å²) >= 11 is 0. The molecule has 0 radical (unpaired) electrons. The van der Waals surface area contributed by atoms with Crippen LogP contribution in [0, 0.1) is 0 Å². The summed E-state index contributed by atoms with van der Waals surface area (Å²) in [5.74, 6) is 0.632. The molecule has 0 amide bonds. The lowest BCUT2D eigenvalue weighted by Crippen LogP contribution is -2.33. The number of piperidine rings is 1. The minimum atomic E-state index is 0.632. The Morgan fingerprint density at radius 3 is 2.85 bits per heavy atom. The Morgan fingerprint density at radius 2 is 2.05 bits per heavy atom. The molecule has 1 aliphatic rings. The summed E-state index contributed by atoms with van der Waals surface area (Å²) in [6.07, 6.45) is 6.32. The van der Waals surface area contributed by atoms with E-state index in [4.69, 9.17) is 5.73 Å². The molecule has 0 bridgehead atoms. The SMILES string of the molecule is Nc1cccc(CN2CCCC(c3ccncc3)C2)c1. The molecule has 104 valence electrons. The van der Waals surface area contributed by atoms with E-state index >= 15 is 0 Å². The van der Waals surface area contributed by atoms with Gasteiger partial charge >= 0.3 is 0 Å². The molecule has 1 unspecified atom stereocenters. The molecule has 1 aromatic carbocycles. The molecule has 1 saturated heterocycles. The van der Waals surface area contributed by atoms with E-state index < -0.39 is 0 Å². The van der Waals surface area contributed by atoms with Crippen LogP contribution in [0.25, 0.3) is 0 Å². The molecule has 3 heteroatoms. The molecule has 20 heavy (non-hydrogen) atoms. The number of pyridine rings is 1. The highest BCUT2D eigenvalue weighted by Crippen LogP contribution is 2.27. The molecule has 2 aromatic rings. The highest BCUT2D eigenvalue weighted by Gasteiger charge is 2.21. The number of aromatic nitrogens is 1. The van der Waals surface area contributed by atoms with E-state index in [0.29, 0.717) is 5.92 Å². The van der Waals surface area contributed by atoms with Crippen LogP contribution in [-0.4, -0.2) is 23.0 Å². The van der Waals surface area contributed by atoms with Crippen LogP contribution in [0.4, 0.5) is 5.69 Å². The van der Waals surface area contributed by atoms with Gasteiger partial charge in [0.25, 0.3) is 0 Å². The Morgan fingerprint density at radius 1 is 1.20 bits per heavy atom. The Kier molecular flexibility index (Phi) is 3.97. The van der Waals surface area contributed by atoms with Gasteiger partial charge in [0.15, 0.2) is 0 Å². The topological polar surface area (TPSA) is 42.1 Å². The number of likely N-dealkylation sites (tertiary alicyclic amines) is 1. The predicted molar refractivity (Wildman–Crippen MR) is 82.3 cm³/mol. The zero-order valence-electron chi connectivity index (χ0n) is 11.7. The third-order valence-electron chi connectivity index (χ3n) is 4.04. The second-order valence-electron chi connectivity index (χ2n) is 5.60. The largest absolute Gasteiger partial charge is 0.399 e. The highest BCUT2D eigenvalue weighted by atomic mass is 15.1. The molecule has 1 aliphatic heterocycles. The van der Waals surface area contributed by atoms with Gasteiger partial charge < -0.3 is 5.73 Å². The van der Waals surface area contributed by atoms with Crippen molar-refractivity contribution in [3.05, 3.63) is 59.9 Å². The highest BCUT2D eigenvalue weighted by molar-refractivity contribution is 5.40. The van der Waals surface area contributed by atoms with Crippen LogP contribution in [0.5, 0.6) is 0 Å². The molecule has 3 rings (SSSR count). The fourth-order valence-electron chi connectivity index (χ4n) is 3.06. The lowest BCUT2D eigenvalue weighted by molar-refractivity contribution is 0.200. The standard InChI is InChI=1S/C17H21N3/c18-17-5-1-3-14(11-17)12-20-10-2-4-16(13-20)15-6-8-19-9-7-15/h1,3,5-9,11,16H,2,4,10,12-13,18H2. The van der Waals surface area contributed by atoms with E-state index in [-0.39, 0.29) is 0 Å². The van der Waals surface area contributed by atoms with E-state index in [9.17, 15) is 0 Å². The number of nitrogens with zero attached hydrogens (tertiary/aromatic N) is 2. The first-order valence-corrected chi connectivity index (χ1v) is 7.28. The molecule has 0 saturated carbocycles. The Labute approximate surface area is 120 Å². The van der Waals surface area contributed by atoms with Gasteiger partial charge in [0.1, 0.15) is 0 Å². The van der Waals surface area contributed by atoms with Crippen LogP contribution in [0.15, 0.2) is 48.8 Å². The van der Waals surface area contributed by atoms with Crippen molar-refractivity contribution in [2.75, 3.05) is 18.8 Å². The normalized spacial score (nSPS) is 19.9. The number of hydrogen-bond donors (Lipinski definition) is 1. The van der Waals surface area contributed by atoms with E-state index in [0.717, 1.165) is 18.8 Å². The van der Waals surface area contributed by atoms with Crippen LogP contribution in [-0.2, 0) is 6.54 Å². The van der Waals surface area contributed by atoms with Crippen molar-refractivity contribution in [1.82, 2.24) is 9.88 Å². The van der Waals surface area contributed by atoms with Crippen molar-refractivity contribution in [1.29, 1.82) is 0 Å². The van der Waals surface area contributed by atoms with Crippen molar-refractivity contribution in [3.63, 3.8) is 0 Å². The first kappa shape index (κ1) is 13.1. The number of hydrogen-bond acceptors (Lipinski definition) is 3. The van der Waals surface area contributed by atoms with Crippen molar-refractivity contribution >= 4 is 5.69 Å². The smallest absolute Gasteiger partial charge is 0.0317 e. The Hall–Kier alpha value is -1.87. The number of nitrogen functional groups attached to an aromatic ring is 1. The maximum Gasteiger partial charge on any atom is 0.0317 e. The zero-order valence-corrected chi connectivity index (χ0v) is 11.7. The molecule has 2 heterocycles. The van der Waals surface area contributed by atoms with Gasteiger partial charge in [-0.1, -0.05) is 12.1 Å². The predicted octanol–water partition coefficient (Wildman–Crippen LogP) is 3.04. The van der Waals surface area contributed by atoms with Gasteiger partial charge in [-0.15, -0.1) is 0 Å².